The molecule has 0 aliphatic rings. The van der Waals surface area contributed by atoms with Crippen LogP contribution in [0.2, 0.25) is 10.3 Å². The molecule has 0 aliphatic carbocycles. The van der Waals surface area contributed by atoms with E-state index in [1.807, 2.05) is 17.7 Å². The quantitative estimate of drug-likeness (QED) is 0.719. The Hall–Kier alpha value is -0.640. The number of aryl methyl sites for hydroxylation is 1. The molecule has 0 atom stereocenters. The van der Waals surface area contributed by atoms with Crippen LogP contribution < -0.4 is 0 Å². The minimum atomic E-state index is 0.413. The van der Waals surface area contributed by atoms with Gasteiger partial charge in [-0.25, -0.2) is 9.97 Å². The Morgan fingerprint density at radius 1 is 1.07 bits per heavy atom. The molecule has 0 spiro atoms. The van der Waals surface area contributed by atoms with E-state index >= 15 is 0 Å². The molecule has 5 heteroatoms. The second kappa shape index (κ2) is 4.08. The van der Waals surface area contributed by atoms with Crippen LogP contribution in [-0.4, -0.2) is 9.97 Å². The van der Waals surface area contributed by atoms with E-state index in [-0.39, 0.29) is 0 Å². The number of aromatic nitrogens is 2. The van der Waals surface area contributed by atoms with Crippen molar-refractivity contribution < 1.29 is 0 Å². The summed E-state index contributed by atoms with van der Waals surface area (Å²) in [5.41, 5.74) is 2.84. The first kappa shape index (κ1) is 10.9. The minimum Gasteiger partial charge on any atom is -0.216 e. The molecule has 0 radical (unpaired) electrons. The van der Waals surface area contributed by atoms with Crippen molar-refractivity contribution in [2.75, 3.05) is 0 Å². The predicted molar refractivity (Wildman–Crippen MR) is 64.8 cm³/mol. The Kier molecular flexibility index (Phi) is 2.96. The summed E-state index contributed by atoms with van der Waals surface area (Å²) >= 11 is 13.5. The van der Waals surface area contributed by atoms with E-state index in [4.69, 9.17) is 23.2 Å². The Bertz CT molecular complexity index is 485. The molecule has 0 aromatic carbocycles. The van der Waals surface area contributed by atoms with Crippen LogP contribution in [-0.2, 0) is 0 Å². The van der Waals surface area contributed by atoms with Crippen LogP contribution in [0.4, 0.5) is 0 Å². The van der Waals surface area contributed by atoms with Crippen molar-refractivity contribution in [1.82, 2.24) is 9.97 Å². The van der Waals surface area contributed by atoms with Gasteiger partial charge in [0, 0.05) is 16.5 Å². The van der Waals surface area contributed by atoms with Crippen LogP contribution in [0.1, 0.15) is 11.1 Å². The predicted octanol–water partition coefficient (Wildman–Crippen LogP) is 4.13. The highest BCUT2D eigenvalue weighted by molar-refractivity contribution is 7.08. The lowest BCUT2D eigenvalue weighted by molar-refractivity contribution is 1.14. The molecular formula is C10H8Cl2N2S. The normalized spacial score (nSPS) is 10.7. The third-order valence-corrected chi connectivity index (χ3v) is 3.72. The monoisotopic (exact) mass is 258 g/mol. The third-order valence-electron chi connectivity index (χ3n) is 2.12. The maximum absolute atomic E-state index is 5.96. The van der Waals surface area contributed by atoms with Crippen LogP contribution in [0, 0.1) is 13.8 Å². The lowest BCUT2D eigenvalue weighted by Gasteiger charge is -2.03. The fraction of sp³-hybridized carbons (Fsp3) is 0.200. The number of nitrogens with zero attached hydrogens (tertiary/aromatic N) is 2. The first-order chi connectivity index (χ1) is 7.09. The van der Waals surface area contributed by atoms with Gasteiger partial charge in [0.05, 0.1) is 0 Å². The van der Waals surface area contributed by atoms with E-state index in [2.05, 4.69) is 9.97 Å². The highest BCUT2D eigenvalue weighted by Gasteiger charge is 2.11. The van der Waals surface area contributed by atoms with Gasteiger partial charge in [0.2, 0.25) is 0 Å². The molecule has 2 nitrogen and oxygen atoms in total. The zero-order valence-electron chi connectivity index (χ0n) is 8.21. The van der Waals surface area contributed by atoms with Crippen molar-refractivity contribution in [1.29, 1.82) is 0 Å². The van der Waals surface area contributed by atoms with Gasteiger partial charge in [-0.05, 0) is 24.8 Å². The molecule has 78 valence electrons. The molecule has 0 unspecified atom stereocenters. The van der Waals surface area contributed by atoms with E-state index in [0.29, 0.717) is 16.1 Å². The molecule has 0 saturated heterocycles. The fourth-order valence-corrected chi connectivity index (χ4v) is 2.39. The summed E-state index contributed by atoms with van der Waals surface area (Å²) in [7, 11) is 0. The Balaban J connectivity index is 2.60. The molecule has 0 saturated carbocycles. The van der Waals surface area contributed by atoms with Gasteiger partial charge in [-0.15, -0.1) is 0 Å². The average Bonchev–Trinajstić information content (AvgIpc) is 2.60. The second-order valence-corrected chi connectivity index (χ2v) is 4.68. The maximum atomic E-state index is 5.96. The molecule has 0 N–H and O–H groups in total. The second-order valence-electron chi connectivity index (χ2n) is 3.22. The van der Waals surface area contributed by atoms with Crippen molar-refractivity contribution in [3.05, 3.63) is 32.2 Å². The molecule has 0 fully saturated rings. The summed E-state index contributed by atoms with van der Waals surface area (Å²) < 4.78 is 0. The third kappa shape index (κ3) is 2.00. The molecule has 0 bridgehead atoms. The standard InChI is InChI=1S/C10H8Cl2N2S/c1-5-3-15-4-7(5)10-13-8(11)6(2)9(12)14-10/h3-4H,1-2H3. The summed E-state index contributed by atoms with van der Waals surface area (Å²) in [6.45, 7) is 3.81. The van der Waals surface area contributed by atoms with Crippen molar-refractivity contribution in [2.45, 2.75) is 13.8 Å². The lowest BCUT2D eigenvalue weighted by atomic mass is 10.2. The number of rotatable bonds is 1. The van der Waals surface area contributed by atoms with Crippen molar-refractivity contribution in [3.8, 4) is 11.4 Å². The molecule has 2 rings (SSSR count). The van der Waals surface area contributed by atoms with Crippen LogP contribution in [0.5, 0.6) is 0 Å². The zero-order valence-corrected chi connectivity index (χ0v) is 10.5. The molecule has 0 aliphatic heterocycles. The van der Waals surface area contributed by atoms with E-state index in [1.165, 1.54) is 0 Å². The molecule has 15 heavy (non-hydrogen) atoms. The minimum absolute atomic E-state index is 0.413. The summed E-state index contributed by atoms with van der Waals surface area (Å²) in [5, 5.41) is 4.86. The summed E-state index contributed by atoms with van der Waals surface area (Å²) in [6, 6.07) is 0. The van der Waals surface area contributed by atoms with Gasteiger partial charge >= 0.3 is 0 Å². The Labute approximate surface area is 102 Å². The average molecular weight is 259 g/mol. The van der Waals surface area contributed by atoms with Crippen LogP contribution >= 0.6 is 34.5 Å². The van der Waals surface area contributed by atoms with Crippen LogP contribution in [0.25, 0.3) is 11.4 Å². The molecule has 2 aromatic heterocycles. The molecule has 2 heterocycles. The van der Waals surface area contributed by atoms with Crippen LogP contribution in [0.3, 0.4) is 0 Å². The van der Waals surface area contributed by atoms with E-state index in [9.17, 15) is 0 Å². The van der Waals surface area contributed by atoms with Gasteiger partial charge in [0.15, 0.2) is 5.82 Å². The molecule has 0 amide bonds. The van der Waals surface area contributed by atoms with E-state index in [0.717, 1.165) is 16.7 Å². The van der Waals surface area contributed by atoms with Crippen molar-refractivity contribution in [3.63, 3.8) is 0 Å². The maximum Gasteiger partial charge on any atom is 0.163 e. The highest BCUT2D eigenvalue weighted by Crippen LogP contribution is 2.28. The smallest absolute Gasteiger partial charge is 0.163 e. The summed E-state index contributed by atoms with van der Waals surface area (Å²) in [5.74, 6) is 0.592. The Morgan fingerprint density at radius 3 is 2.13 bits per heavy atom. The van der Waals surface area contributed by atoms with Crippen molar-refractivity contribution >= 4 is 34.5 Å². The summed E-state index contributed by atoms with van der Waals surface area (Å²) in [6.07, 6.45) is 0. The first-order valence-electron chi connectivity index (χ1n) is 4.32. The first-order valence-corrected chi connectivity index (χ1v) is 6.02. The lowest BCUT2D eigenvalue weighted by Crippen LogP contribution is -1.93. The van der Waals surface area contributed by atoms with Crippen molar-refractivity contribution in [2.24, 2.45) is 0 Å². The van der Waals surface area contributed by atoms with Gasteiger partial charge in [0.1, 0.15) is 10.3 Å². The van der Waals surface area contributed by atoms with Gasteiger partial charge in [-0.3, -0.25) is 0 Å². The summed E-state index contributed by atoms with van der Waals surface area (Å²) in [4.78, 5) is 8.43. The van der Waals surface area contributed by atoms with E-state index < -0.39 is 0 Å². The fourth-order valence-electron chi connectivity index (χ4n) is 1.17. The van der Waals surface area contributed by atoms with Gasteiger partial charge in [-0.2, -0.15) is 11.3 Å². The Morgan fingerprint density at radius 2 is 1.67 bits per heavy atom. The number of hydrogen-bond donors (Lipinski definition) is 0. The number of hydrogen-bond acceptors (Lipinski definition) is 3. The van der Waals surface area contributed by atoms with Gasteiger partial charge in [-0.1, -0.05) is 23.2 Å². The van der Waals surface area contributed by atoms with Gasteiger partial charge in [0.25, 0.3) is 0 Å². The van der Waals surface area contributed by atoms with Crippen LogP contribution in [0.15, 0.2) is 10.8 Å². The number of thiophene rings is 1. The largest absolute Gasteiger partial charge is 0.216 e. The topological polar surface area (TPSA) is 25.8 Å². The SMILES string of the molecule is Cc1cscc1-c1nc(Cl)c(C)c(Cl)n1. The van der Waals surface area contributed by atoms with Gasteiger partial charge < -0.3 is 0 Å². The molecule has 2 aromatic rings. The number of halogens is 2. The zero-order chi connectivity index (χ0) is 11.0. The highest BCUT2D eigenvalue weighted by atomic mass is 35.5. The molecular weight excluding hydrogens is 251 g/mol. The van der Waals surface area contributed by atoms with E-state index in [1.54, 1.807) is 18.3 Å².